The van der Waals surface area contributed by atoms with Crippen molar-refractivity contribution < 1.29 is 17.7 Å². The smallest absolute Gasteiger partial charge is 0.277 e. The van der Waals surface area contributed by atoms with E-state index in [9.17, 15) is 13.2 Å². The van der Waals surface area contributed by atoms with Crippen molar-refractivity contribution >= 4 is 44.4 Å². The van der Waals surface area contributed by atoms with Crippen molar-refractivity contribution in [1.29, 1.82) is 0 Å². The summed E-state index contributed by atoms with van der Waals surface area (Å²) >= 11 is 6.98. The van der Waals surface area contributed by atoms with Crippen molar-refractivity contribution in [2.45, 2.75) is 23.1 Å². The second-order valence-corrected chi connectivity index (χ2v) is 8.19. The predicted molar refractivity (Wildman–Crippen MR) is 95.1 cm³/mol. The second kappa shape index (κ2) is 6.99. The lowest BCUT2D eigenvalue weighted by Crippen LogP contribution is -2.14. The molecule has 2 heterocycles. The van der Waals surface area contributed by atoms with E-state index in [2.05, 4.69) is 10.5 Å². The van der Waals surface area contributed by atoms with Gasteiger partial charge < -0.3 is 9.84 Å². The molecule has 0 aliphatic carbocycles. The lowest BCUT2D eigenvalue weighted by Gasteiger charge is -2.07. The molecule has 0 fully saturated rings. The van der Waals surface area contributed by atoms with Gasteiger partial charge in [0.15, 0.2) is 5.69 Å². The van der Waals surface area contributed by atoms with Crippen LogP contribution in [0.3, 0.4) is 0 Å². The molecule has 0 spiro atoms. The second-order valence-electron chi connectivity index (χ2n) is 5.09. The van der Waals surface area contributed by atoms with E-state index in [4.69, 9.17) is 16.1 Å². The molecule has 0 unspecified atom stereocenters. The molecule has 0 aliphatic rings. The molecule has 0 radical (unpaired) electrons. The Hall–Kier alpha value is -2.16. The molecule has 3 rings (SSSR count). The highest BCUT2D eigenvalue weighted by Crippen LogP contribution is 2.31. The number of sulfone groups is 1. The zero-order valence-corrected chi connectivity index (χ0v) is 15.4. The van der Waals surface area contributed by atoms with Gasteiger partial charge in [0.2, 0.25) is 9.84 Å². The van der Waals surface area contributed by atoms with Gasteiger partial charge >= 0.3 is 0 Å². The summed E-state index contributed by atoms with van der Waals surface area (Å²) in [6, 6.07) is 7.37. The fraction of sp³-hybridized carbons (Fsp3) is 0.125. The number of carbonyl (C=O) groups excluding carboxylic acids is 1. The number of nitrogens with zero attached hydrogens (tertiary/aromatic N) is 1. The minimum atomic E-state index is -3.78. The highest BCUT2D eigenvalue weighted by Gasteiger charge is 2.24. The Morgan fingerprint density at radius 1 is 1.28 bits per heavy atom. The first-order valence-corrected chi connectivity index (χ1v) is 10.1. The largest absolute Gasteiger partial charge is 0.361 e. The molecule has 1 amide bonds. The van der Waals surface area contributed by atoms with Crippen molar-refractivity contribution in [2.75, 3.05) is 5.32 Å². The summed E-state index contributed by atoms with van der Waals surface area (Å²) < 4.78 is 30.5. The fourth-order valence-electron chi connectivity index (χ4n) is 2.10. The first-order chi connectivity index (χ1) is 11.9. The zero-order valence-electron chi connectivity index (χ0n) is 13.0. The van der Waals surface area contributed by atoms with E-state index in [-0.39, 0.29) is 21.2 Å². The van der Waals surface area contributed by atoms with Gasteiger partial charge in [-0.05, 0) is 24.3 Å². The minimum Gasteiger partial charge on any atom is -0.361 e. The number of hydrogen-bond donors (Lipinski definition) is 1. The zero-order chi connectivity index (χ0) is 18.0. The van der Waals surface area contributed by atoms with Crippen LogP contribution in [0, 0.1) is 0 Å². The van der Waals surface area contributed by atoms with Crippen molar-refractivity contribution in [3.63, 3.8) is 0 Å². The van der Waals surface area contributed by atoms with Crippen LogP contribution in [0.4, 0.5) is 5.69 Å². The van der Waals surface area contributed by atoms with Crippen LogP contribution in [0.5, 0.6) is 0 Å². The van der Waals surface area contributed by atoms with Crippen molar-refractivity contribution in [1.82, 2.24) is 5.16 Å². The number of aryl methyl sites for hydroxylation is 1. The number of nitrogens with one attached hydrogen (secondary N) is 1. The number of amides is 1. The summed E-state index contributed by atoms with van der Waals surface area (Å²) in [7, 11) is -3.78. The summed E-state index contributed by atoms with van der Waals surface area (Å²) in [6.45, 7) is 1.87. The Kier molecular flexibility index (Phi) is 4.94. The Morgan fingerprint density at radius 2 is 2.00 bits per heavy atom. The molecule has 0 saturated carbocycles. The van der Waals surface area contributed by atoms with Gasteiger partial charge in [-0.3, -0.25) is 4.79 Å². The third-order valence-corrected chi connectivity index (χ3v) is 6.38. The van der Waals surface area contributed by atoms with Crippen molar-refractivity contribution in [2.24, 2.45) is 0 Å². The Morgan fingerprint density at radius 3 is 2.64 bits per heavy atom. The lowest BCUT2D eigenvalue weighted by atomic mass is 10.3. The predicted octanol–water partition coefficient (Wildman–Crippen LogP) is 4.04. The van der Waals surface area contributed by atoms with Crippen LogP contribution >= 0.6 is 22.9 Å². The summed E-state index contributed by atoms with van der Waals surface area (Å²) in [5.41, 5.74) is 0.295. The average Bonchev–Trinajstić information content (AvgIpc) is 3.24. The number of hydrogen-bond acceptors (Lipinski definition) is 6. The summed E-state index contributed by atoms with van der Waals surface area (Å²) in [5.74, 6) is 0.0406. The maximum atomic E-state index is 12.8. The minimum absolute atomic E-state index is 0.0207. The molecule has 9 heteroatoms. The van der Waals surface area contributed by atoms with Gasteiger partial charge in [-0.15, -0.1) is 11.3 Å². The van der Waals surface area contributed by atoms with Crippen LogP contribution < -0.4 is 5.32 Å². The normalized spacial score (nSPS) is 11.4. The van der Waals surface area contributed by atoms with Gasteiger partial charge in [0, 0.05) is 28.3 Å². The van der Waals surface area contributed by atoms with Crippen molar-refractivity contribution in [3.05, 3.63) is 57.6 Å². The maximum absolute atomic E-state index is 12.8. The van der Waals surface area contributed by atoms with Crippen molar-refractivity contribution in [3.8, 4) is 0 Å². The molecule has 25 heavy (non-hydrogen) atoms. The van der Waals surface area contributed by atoms with E-state index >= 15 is 0 Å². The van der Waals surface area contributed by atoms with Gasteiger partial charge in [0.1, 0.15) is 10.7 Å². The number of carbonyl (C=O) groups is 1. The standard InChI is InChI=1S/C16H13ClN2O4S2/c1-2-11-7-13(19-23-11)16(20)18-14-8-24-9-15(14)25(21,22)12-5-3-10(17)4-6-12/h3-9H,2H2,1H3,(H,18,20). The number of thiophene rings is 1. The topological polar surface area (TPSA) is 89.3 Å². The van der Waals surface area contributed by atoms with E-state index in [1.54, 1.807) is 5.38 Å². The summed E-state index contributed by atoms with van der Waals surface area (Å²) in [5, 5.41) is 9.72. The summed E-state index contributed by atoms with van der Waals surface area (Å²) in [4.78, 5) is 12.4. The Labute approximate surface area is 153 Å². The molecule has 0 aliphatic heterocycles. The maximum Gasteiger partial charge on any atom is 0.277 e. The molecule has 130 valence electrons. The van der Waals surface area contributed by atoms with Crippen LogP contribution in [0.2, 0.25) is 5.02 Å². The van der Waals surface area contributed by atoms with Gasteiger partial charge in [0.25, 0.3) is 5.91 Å². The van der Waals surface area contributed by atoms with Gasteiger partial charge in [0.05, 0.1) is 10.6 Å². The first kappa shape index (κ1) is 17.7. The Bertz CT molecular complexity index is 1010. The van der Waals surface area contributed by atoms with E-state index in [1.165, 1.54) is 47.0 Å². The number of aromatic nitrogens is 1. The average molecular weight is 397 g/mol. The molecule has 6 nitrogen and oxygen atoms in total. The monoisotopic (exact) mass is 396 g/mol. The van der Waals surface area contributed by atoms with E-state index < -0.39 is 15.7 Å². The van der Waals surface area contributed by atoms with Crippen LogP contribution in [0.25, 0.3) is 0 Å². The number of halogens is 1. The highest BCUT2D eigenvalue weighted by atomic mass is 35.5. The fourth-order valence-corrected chi connectivity index (χ4v) is 4.76. The summed E-state index contributed by atoms with van der Waals surface area (Å²) in [6.07, 6.45) is 0.606. The van der Waals surface area contributed by atoms with E-state index in [0.717, 1.165) is 0 Å². The number of anilines is 1. The van der Waals surface area contributed by atoms with Crippen LogP contribution in [0.1, 0.15) is 23.2 Å². The highest BCUT2D eigenvalue weighted by molar-refractivity contribution is 7.91. The van der Waals surface area contributed by atoms with E-state index in [0.29, 0.717) is 17.2 Å². The molecule has 3 aromatic rings. The molecular weight excluding hydrogens is 384 g/mol. The SMILES string of the molecule is CCc1cc(C(=O)Nc2cscc2S(=O)(=O)c2ccc(Cl)cc2)no1. The quantitative estimate of drug-likeness (QED) is 0.703. The number of rotatable bonds is 5. The number of benzene rings is 1. The van der Waals surface area contributed by atoms with Gasteiger partial charge in [-0.2, -0.15) is 0 Å². The first-order valence-electron chi connectivity index (χ1n) is 7.25. The van der Waals surface area contributed by atoms with Crippen LogP contribution in [-0.2, 0) is 16.3 Å². The van der Waals surface area contributed by atoms with Crippen LogP contribution in [-0.4, -0.2) is 19.5 Å². The van der Waals surface area contributed by atoms with E-state index in [1.807, 2.05) is 6.92 Å². The molecule has 1 aromatic carbocycles. The third-order valence-electron chi connectivity index (χ3n) is 3.43. The molecule has 0 atom stereocenters. The molecular formula is C16H13ClN2O4S2. The van der Waals surface area contributed by atoms with Gasteiger partial charge in [-0.25, -0.2) is 8.42 Å². The lowest BCUT2D eigenvalue weighted by molar-refractivity contribution is 0.101. The molecule has 2 aromatic heterocycles. The third kappa shape index (κ3) is 3.60. The Balaban J connectivity index is 1.89. The molecule has 1 N–H and O–H groups in total. The van der Waals surface area contributed by atoms with Crippen LogP contribution in [0.15, 0.2) is 55.4 Å². The van der Waals surface area contributed by atoms with Gasteiger partial charge in [-0.1, -0.05) is 23.7 Å². The molecule has 0 bridgehead atoms. The molecule has 0 saturated heterocycles.